The van der Waals surface area contributed by atoms with Gasteiger partial charge >= 0.3 is 0 Å². The first-order valence-electron chi connectivity index (χ1n) is 12.5. The van der Waals surface area contributed by atoms with Gasteiger partial charge < -0.3 is 15.4 Å². The molecule has 0 saturated heterocycles. The number of carbonyl (C=O) groups is 1. The van der Waals surface area contributed by atoms with E-state index in [2.05, 4.69) is 20.4 Å². The van der Waals surface area contributed by atoms with E-state index in [1.807, 2.05) is 57.2 Å². The van der Waals surface area contributed by atoms with Crippen LogP contribution < -0.4 is 10.9 Å². The minimum Gasteiger partial charge on any atom is -0.396 e. The predicted molar refractivity (Wildman–Crippen MR) is 149 cm³/mol. The van der Waals surface area contributed by atoms with E-state index in [-0.39, 0.29) is 30.2 Å². The highest BCUT2D eigenvalue weighted by Gasteiger charge is 2.26. The Morgan fingerprint density at radius 3 is 2.71 bits per heavy atom. The molecule has 0 aliphatic carbocycles. The number of carbonyl (C=O) groups excluding carboxylic acids is 1. The topological polar surface area (TPSA) is 112 Å². The number of aromatic nitrogens is 4. The second kappa shape index (κ2) is 10.4. The third-order valence-corrected chi connectivity index (χ3v) is 7.06. The van der Waals surface area contributed by atoms with Crippen LogP contribution in [0.3, 0.4) is 0 Å². The monoisotopic (exact) mass is 529 g/mol. The summed E-state index contributed by atoms with van der Waals surface area (Å²) in [6.45, 7) is 5.70. The van der Waals surface area contributed by atoms with Gasteiger partial charge in [0.2, 0.25) is 0 Å². The summed E-state index contributed by atoms with van der Waals surface area (Å²) in [5, 5.41) is 18.6. The molecule has 0 aliphatic rings. The van der Waals surface area contributed by atoms with E-state index in [4.69, 9.17) is 11.6 Å². The molecule has 3 heterocycles. The van der Waals surface area contributed by atoms with Gasteiger partial charge in [0.25, 0.3) is 11.5 Å². The van der Waals surface area contributed by atoms with E-state index in [1.54, 1.807) is 24.5 Å². The molecule has 38 heavy (non-hydrogen) atoms. The second-order valence-electron chi connectivity index (χ2n) is 9.63. The van der Waals surface area contributed by atoms with Gasteiger partial charge in [-0.15, -0.1) is 0 Å². The van der Waals surface area contributed by atoms with Gasteiger partial charge in [-0.2, -0.15) is 5.10 Å². The zero-order chi connectivity index (χ0) is 27.0. The summed E-state index contributed by atoms with van der Waals surface area (Å²) in [4.78, 5) is 34.4. The summed E-state index contributed by atoms with van der Waals surface area (Å²) < 4.78 is 1.47. The molecule has 0 radical (unpaired) electrons. The van der Waals surface area contributed by atoms with Crippen LogP contribution in [0.4, 0.5) is 0 Å². The fraction of sp³-hybridized carbons (Fsp3) is 0.241. The highest BCUT2D eigenvalue weighted by Crippen LogP contribution is 2.28. The maximum Gasteiger partial charge on any atom is 0.274 e. The molecule has 8 nitrogen and oxygen atoms in total. The summed E-state index contributed by atoms with van der Waals surface area (Å²) >= 11 is 6.37. The van der Waals surface area contributed by atoms with E-state index in [1.165, 1.54) is 4.52 Å². The molecular weight excluding hydrogens is 502 g/mol. The molecule has 1 unspecified atom stereocenters. The first-order valence-corrected chi connectivity index (χ1v) is 12.8. The highest BCUT2D eigenvalue weighted by molar-refractivity contribution is 6.31. The highest BCUT2D eigenvalue weighted by atomic mass is 35.5. The number of aromatic amines is 1. The van der Waals surface area contributed by atoms with Gasteiger partial charge in [-0.3, -0.25) is 14.6 Å². The van der Waals surface area contributed by atoms with Gasteiger partial charge in [-0.05, 0) is 48.6 Å². The van der Waals surface area contributed by atoms with E-state index in [0.717, 1.165) is 22.0 Å². The second-order valence-corrected chi connectivity index (χ2v) is 10.0. The number of hydrogen-bond acceptors (Lipinski definition) is 5. The van der Waals surface area contributed by atoms with Gasteiger partial charge in [-0.1, -0.05) is 55.8 Å². The number of aliphatic hydroxyl groups is 1. The number of nitrogens with zero attached hydrogens (tertiary/aromatic N) is 3. The Balaban J connectivity index is 1.59. The quantitative estimate of drug-likeness (QED) is 0.269. The van der Waals surface area contributed by atoms with Gasteiger partial charge in [0.15, 0.2) is 5.69 Å². The van der Waals surface area contributed by atoms with E-state index < -0.39 is 11.9 Å². The Labute approximate surface area is 224 Å². The Hall–Kier alpha value is -4.01. The van der Waals surface area contributed by atoms with Gasteiger partial charge in [0.05, 0.1) is 23.4 Å². The lowest BCUT2D eigenvalue weighted by Crippen LogP contribution is -2.30. The van der Waals surface area contributed by atoms with Crippen molar-refractivity contribution in [2.45, 2.75) is 39.2 Å². The van der Waals surface area contributed by atoms with Crippen LogP contribution >= 0.6 is 11.6 Å². The molecule has 1 amide bonds. The molecule has 0 spiro atoms. The maximum absolute atomic E-state index is 13.5. The normalized spacial score (nSPS) is 12.4. The summed E-state index contributed by atoms with van der Waals surface area (Å²) in [6.07, 6.45) is 3.70. The largest absolute Gasteiger partial charge is 0.396 e. The minimum absolute atomic E-state index is 0.138. The number of H-pyrrole nitrogens is 1. The van der Waals surface area contributed by atoms with Crippen LogP contribution in [-0.4, -0.2) is 37.2 Å². The summed E-state index contributed by atoms with van der Waals surface area (Å²) in [6, 6.07) is 14.6. The van der Waals surface area contributed by atoms with Crippen molar-refractivity contribution in [3.63, 3.8) is 0 Å². The molecule has 5 rings (SSSR count). The first-order chi connectivity index (χ1) is 18.3. The van der Waals surface area contributed by atoms with Gasteiger partial charge in [-0.25, -0.2) is 4.52 Å². The minimum atomic E-state index is -0.521. The van der Waals surface area contributed by atoms with Crippen LogP contribution in [0.2, 0.25) is 5.02 Å². The van der Waals surface area contributed by atoms with Crippen molar-refractivity contribution in [3.8, 4) is 11.3 Å². The van der Waals surface area contributed by atoms with Crippen molar-refractivity contribution in [1.29, 1.82) is 0 Å². The molecule has 3 N–H and O–H groups in total. The zero-order valence-corrected chi connectivity index (χ0v) is 22.1. The smallest absolute Gasteiger partial charge is 0.274 e. The molecule has 0 fully saturated rings. The summed E-state index contributed by atoms with van der Waals surface area (Å²) in [5.41, 5.74) is 4.60. The third kappa shape index (κ3) is 4.68. The first kappa shape index (κ1) is 25.6. The Morgan fingerprint density at radius 2 is 1.97 bits per heavy atom. The lowest BCUT2D eigenvalue weighted by atomic mass is 10.00. The Bertz CT molecular complexity index is 1720. The molecule has 9 heteroatoms. The zero-order valence-electron chi connectivity index (χ0n) is 21.3. The molecule has 0 saturated carbocycles. The SMILES string of the molecule is Cc1cccc2ncc(-c3cn4nc(C(=O)NC(CCO)c5ccccc5Cl)c(C(C)C)c4c(=O)[nH]3)cc12. The van der Waals surface area contributed by atoms with Crippen LogP contribution in [-0.2, 0) is 0 Å². The van der Waals surface area contributed by atoms with Crippen LogP contribution in [0.5, 0.6) is 0 Å². The molecule has 5 aromatic rings. The van der Waals surface area contributed by atoms with Crippen molar-refractivity contribution in [2.75, 3.05) is 6.61 Å². The van der Waals surface area contributed by atoms with Crippen molar-refractivity contribution < 1.29 is 9.90 Å². The lowest BCUT2D eigenvalue weighted by molar-refractivity contribution is 0.0923. The predicted octanol–water partition coefficient (Wildman–Crippen LogP) is 5.18. The molecule has 1 atom stereocenters. The van der Waals surface area contributed by atoms with Gasteiger partial charge in [0.1, 0.15) is 5.52 Å². The van der Waals surface area contributed by atoms with Crippen LogP contribution in [0.15, 0.2) is 65.7 Å². The van der Waals surface area contributed by atoms with E-state index in [9.17, 15) is 14.7 Å². The summed E-state index contributed by atoms with van der Waals surface area (Å²) in [5.74, 6) is -0.596. The van der Waals surface area contributed by atoms with E-state index >= 15 is 0 Å². The lowest BCUT2D eigenvalue weighted by Gasteiger charge is -2.19. The average Bonchev–Trinajstić information content (AvgIpc) is 3.30. The van der Waals surface area contributed by atoms with Crippen LogP contribution in [0, 0.1) is 6.92 Å². The number of pyridine rings is 1. The molecular formula is C29H28ClN5O3. The van der Waals surface area contributed by atoms with E-state index in [0.29, 0.717) is 27.4 Å². The number of rotatable bonds is 7. The molecule has 2 aromatic carbocycles. The van der Waals surface area contributed by atoms with Crippen molar-refractivity contribution in [1.82, 2.24) is 24.9 Å². The third-order valence-electron chi connectivity index (χ3n) is 6.71. The number of benzene rings is 2. The number of fused-ring (bicyclic) bond motifs is 2. The number of nitrogens with one attached hydrogen (secondary N) is 2. The molecule has 194 valence electrons. The average molecular weight is 530 g/mol. The van der Waals surface area contributed by atoms with Crippen molar-refractivity contribution in [3.05, 3.63) is 98.7 Å². The maximum atomic E-state index is 13.5. The fourth-order valence-corrected chi connectivity index (χ4v) is 5.10. The number of hydrogen-bond donors (Lipinski definition) is 3. The van der Waals surface area contributed by atoms with Gasteiger partial charge in [0, 0.05) is 34.3 Å². The number of aryl methyl sites for hydroxylation is 1. The number of halogens is 1. The number of aliphatic hydroxyl groups excluding tert-OH is 1. The standard InChI is InChI=1S/C29H28ClN5O3/c1-16(2)25-26(28(37)32-23(11-12-36)19-8-4-5-9-21(19)30)34-35-15-24(33-29(38)27(25)35)18-13-20-17(3)7-6-10-22(20)31-14-18/h4-10,13-16,23,36H,11-12H2,1-3H3,(H,32,37)(H,33,38). The van der Waals surface area contributed by atoms with Crippen LogP contribution in [0.1, 0.15) is 59.4 Å². The van der Waals surface area contributed by atoms with Crippen LogP contribution in [0.25, 0.3) is 27.7 Å². The van der Waals surface area contributed by atoms with Crippen molar-refractivity contribution in [2.24, 2.45) is 0 Å². The van der Waals surface area contributed by atoms with Crippen molar-refractivity contribution >= 4 is 33.9 Å². The summed E-state index contributed by atoms with van der Waals surface area (Å²) in [7, 11) is 0. The molecule has 0 aliphatic heterocycles. The molecule has 3 aromatic heterocycles. The Kier molecular flexibility index (Phi) is 7.01. The fourth-order valence-electron chi connectivity index (χ4n) is 4.83. The Morgan fingerprint density at radius 1 is 1.18 bits per heavy atom. The number of amides is 1. The molecule has 0 bridgehead atoms.